The van der Waals surface area contributed by atoms with E-state index in [1.165, 1.54) is 0 Å². The predicted octanol–water partition coefficient (Wildman–Crippen LogP) is 2.49. The van der Waals surface area contributed by atoms with Crippen LogP contribution < -0.4 is 5.32 Å². The standard InChI is InChI=1S/C19H25N5O2S/c1-4-24-18-15(13-21-24)14(12-16(22-18)17-6-5-11-27-17)19(25)20-7-8-23(2)9-10-26-3/h5-6,11-13H,4,7-10H2,1-3H3,(H,20,25). The van der Waals surface area contributed by atoms with Crippen molar-refractivity contribution in [3.05, 3.63) is 35.3 Å². The molecule has 0 bridgehead atoms. The van der Waals surface area contributed by atoms with E-state index < -0.39 is 0 Å². The molecule has 3 aromatic rings. The largest absolute Gasteiger partial charge is 0.383 e. The second-order valence-corrected chi connectivity index (χ2v) is 7.23. The van der Waals surface area contributed by atoms with E-state index in [0.717, 1.165) is 34.7 Å². The average Bonchev–Trinajstić information content (AvgIpc) is 3.34. The number of carbonyl (C=O) groups is 1. The molecule has 0 radical (unpaired) electrons. The molecule has 1 N–H and O–H groups in total. The maximum atomic E-state index is 12.9. The Bertz CT molecular complexity index is 891. The van der Waals surface area contributed by atoms with Crippen molar-refractivity contribution in [2.45, 2.75) is 13.5 Å². The highest BCUT2D eigenvalue weighted by Crippen LogP contribution is 2.27. The summed E-state index contributed by atoms with van der Waals surface area (Å²) in [6.45, 7) is 5.55. The number of aryl methyl sites for hydroxylation is 1. The lowest BCUT2D eigenvalue weighted by molar-refractivity contribution is 0.0949. The van der Waals surface area contributed by atoms with Crippen molar-refractivity contribution in [2.24, 2.45) is 0 Å². The summed E-state index contributed by atoms with van der Waals surface area (Å²) in [6, 6.07) is 5.86. The number of methoxy groups -OCH3 is 1. The number of rotatable bonds is 9. The van der Waals surface area contributed by atoms with Gasteiger partial charge in [-0.25, -0.2) is 9.67 Å². The van der Waals surface area contributed by atoms with Crippen molar-refractivity contribution >= 4 is 28.3 Å². The topological polar surface area (TPSA) is 72.3 Å². The Labute approximate surface area is 163 Å². The number of amides is 1. The molecule has 0 saturated heterocycles. The zero-order valence-corrected chi connectivity index (χ0v) is 16.8. The van der Waals surface area contributed by atoms with E-state index in [0.29, 0.717) is 25.3 Å². The smallest absolute Gasteiger partial charge is 0.252 e. The number of nitrogens with one attached hydrogen (secondary N) is 1. The molecule has 3 rings (SSSR count). The number of aromatic nitrogens is 3. The Morgan fingerprint density at radius 3 is 2.96 bits per heavy atom. The van der Waals surface area contributed by atoms with Crippen molar-refractivity contribution < 1.29 is 9.53 Å². The second-order valence-electron chi connectivity index (χ2n) is 6.28. The van der Waals surface area contributed by atoms with Crippen molar-refractivity contribution in [2.75, 3.05) is 40.4 Å². The summed E-state index contributed by atoms with van der Waals surface area (Å²) in [5, 5.41) is 10.2. The molecule has 0 fully saturated rings. The van der Waals surface area contributed by atoms with E-state index in [1.807, 2.05) is 42.2 Å². The van der Waals surface area contributed by atoms with Crippen LogP contribution in [0, 0.1) is 0 Å². The summed E-state index contributed by atoms with van der Waals surface area (Å²) >= 11 is 1.61. The highest BCUT2D eigenvalue weighted by atomic mass is 32.1. The summed E-state index contributed by atoms with van der Waals surface area (Å²) in [5.41, 5.74) is 2.16. The molecular formula is C19H25N5O2S. The van der Waals surface area contributed by atoms with Gasteiger partial charge in [0.15, 0.2) is 5.65 Å². The highest BCUT2D eigenvalue weighted by molar-refractivity contribution is 7.13. The van der Waals surface area contributed by atoms with E-state index in [-0.39, 0.29) is 5.91 Å². The Hall–Kier alpha value is -2.29. The minimum Gasteiger partial charge on any atom is -0.383 e. The maximum absolute atomic E-state index is 12.9. The van der Waals surface area contributed by atoms with Crippen molar-refractivity contribution in [3.63, 3.8) is 0 Å². The first-order valence-electron chi connectivity index (χ1n) is 9.00. The third-order valence-corrected chi connectivity index (χ3v) is 5.28. The van der Waals surface area contributed by atoms with Gasteiger partial charge in [-0.15, -0.1) is 11.3 Å². The van der Waals surface area contributed by atoms with E-state index in [9.17, 15) is 4.79 Å². The number of pyridine rings is 1. The van der Waals surface area contributed by atoms with E-state index in [1.54, 1.807) is 24.6 Å². The predicted molar refractivity (Wildman–Crippen MR) is 108 cm³/mol. The summed E-state index contributed by atoms with van der Waals surface area (Å²) in [4.78, 5) is 20.8. The first kappa shape index (κ1) is 19.5. The van der Waals surface area contributed by atoms with E-state index in [4.69, 9.17) is 9.72 Å². The van der Waals surface area contributed by atoms with Gasteiger partial charge in [0.05, 0.1) is 34.3 Å². The number of hydrogen-bond donors (Lipinski definition) is 1. The molecule has 3 heterocycles. The number of nitrogens with zero attached hydrogens (tertiary/aromatic N) is 4. The number of likely N-dealkylation sites (N-methyl/N-ethyl adjacent to an activating group) is 1. The van der Waals surface area contributed by atoms with Gasteiger partial charge in [-0.3, -0.25) is 4.79 Å². The van der Waals surface area contributed by atoms with Crippen molar-refractivity contribution in [1.29, 1.82) is 0 Å². The van der Waals surface area contributed by atoms with Crippen LogP contribution in [-0.4, -0.2) is 66.0 Å². The molecule has 144 valence electrons. The molecule has 7 nitrogen and oxygen atoms in total. The average molecular weight is 388 g/mol. The molecule has 0 spiro atoms. The molecule has 1 amide bonds. The van der Waals surface area contributed by atoms with Gasteiger partial charge in [-0.2, -0.15) is 5.10 Å². The van der Waals surface area contributed by atoms with E-state index in [2.05, 4.69) is 15.3 Å². The van der Waals surface area contributed by atoms with Crippen LogP contribution in [0.4, 0.5) is 0 Å². The van der Waals surface area contributed by atoms with Gasteiger partial charge in [0.2, 0.25) is 0 Å². The molecule has 0 aliphatic carbocycles. The second kappa shape index (κ2) is 9.07. The third kappa shape index (κ3) is 4.52. The van der Waals surface area contributed by atoms with Gasteiger partial charge in [0.1, 0.15) is 0 Å². The number of thiophene rings is 1. The lowest BCUT2D eigenvalue weighted by Gasteiger charge is -2.16. The van der Waals surface area contributed by atoms with Crippen LogP contribution in [0.15, 0.2) is 29.8 Å². The molecule has 0 aromatic carbocycles. The highest BCUT2D eigenvalue weighted by Gasteiger charge is 2.17. The Balaban J connectivity index is 1.82. The third-order valence-electron chi connectivity index (χ3n) is 4.38. The van der Waals surface area contributed by atoms with Crippen LogP contribution in [0.5, 0.6) is 0 Å². The van der Waals surface area contributed by atoms with Gasteiger partial charge in [-0.05, 0) is 31.5 Å². The minimum absolute atomic E-state index is 0.101. The first-order valence-corrected chi connectivity index (χ1v) is 9.88. The van der Waals surface area contributed by atoms with Crippen molar-refractivity contribution in [3.8, 4) is 10.6 Å². The molecule has 0 aliphatic rings. The molecule has 0 saturated carbocycles. The van der Waals surface area contributed by atoms with Gasteiger partial charge in [-0.1, -0.05) is 6.07 Å². The summed E-state index contributed by atoms with van der Waals surface area (Å²) in [5.74, 6) is -0.101. The van der Waals surface area contributed by atoms with Gasteiger partial charge in [0.25, 0.3) is 5.91 Å². The number of fused-ring (bicyclic) bond motifs is 1. The Morgan fingerprint density at radius 1 is 1.41 bits per heavy atom. The molecule has 3 aromatic heterocycles. The Morgan fingerprint density at radius 2 is 2.26 bits per heavy atom. The zero-order chi connectivity index (χ0) is 19.2. The van der Waals surface area contributed by atoms with Crippen LogP contribution in [0.2, 0.25) is 0 Å². The molecule has 0 atom stereocenters. The molecule has 0 unspecified atom stereocenters. The quantitative estimate of drug-likeness (QED) is 0.611. The number of ether oxygens (including phenoxy) is 1. The first-order chi connectivity index (χ1) is 13.1. The van der Waals surface area contributed by atoms with Gasteiger partial charge < -0.3 is 15.0 Å². The van der Waals surface area contributed by atoms with E-state index >= 15 is 0 Å². The van der Waals surface area contributed by atoms with Crippen molar-refractivity contribution in [1.82, 2.24) is 25.0 Å². The Kier molecular flexibility index (Phi) is 6.54. The maximum Gasteiger partial charge on any atom is 0.252 e. The van der Waals surface area contributed by atoms with Gasteiger partial charge >= 0.3 is 0 Å². The normalized spacial score (nSPS) is 11.4. The fourth-order valence-electron chi connectivity index (χ4n) is 2.83. The molecular weight excluding hydrogens is 362 g/mol. The summed E-state index contributed by atoms with van der Waals surface area (Å²) < 4.78 is 6.90. The molecule has 0 aliphatic heterocycles. The van der Waals surface area contributed by atoms with Gasteiger partial charge in [0, 0.05) is 33.3 Å². The minimum atomic E-state index is -0.101. The lowest BCUT2D eigenvalue weighted by atomic mass is 10.1. The van der Waals surface area contributed by atoms with Crippen LogP contribution >= 0.6 is 11.3 Å². The monoisotopic (exact) mass is 387 g/mol. The summed E-state index contributed by atoms with van der Waals surface area (Å²) in [7, 11) is 3.70. The summed E-state index contributed by atoms with van der Waals surface area (Å²) in [6.07, 6.45) is 1.73. The van der Waals surface area contributed by atoms with Crippen LogP contribution in [-0.2, 0) is 11.3 Å². The lowest BCUT2D eigenvalue weighted by Crippen LogP contribution is -2.34. The van der Waals surface area contributed by atoms with Crippen LogP contribution in [0.1, 0.15) is 17.3 Å². The number of carbonyl (C=O) groups excluding carboxylic acids is 1. The van der Waals surface area contributed by atoms with Crippen LogP contribution in [0.3, 0.4) is 0 Å². The SMILES string of the molecule is CCn1ncc2c(C(=O)NCCN(C)CCOC)cc(-c3cccs3)nc21. The molecule has 27 heavy (non-hydrogen) atoms. The fourth-order valence-corrected chi connectivity index (χ4v) is 3.52. The zero-order valence-electron chi connectivity index (χ0n) is 15.9. The fraction of sp³-hybridized carbons (Fsp3) is 0.421. The molecule has 8 heteroatoms. The van der Waals surface area contributed by atoms with Crippen LogP contribution in [0.25, 0.3) is 21.6 Å². The number of hydrogen-bond acceptors (Lipinski definition) is 6.